The topological polar surface area (TPSA) is 15.3 Å². The molecule has 0 aromatic heterocycles. The van der Waals surface area contributed by atoms with Gasteiger partial charge in [-0.1, -0.05) is 28.1 Å². The van der Waals surface area contributed by atoms with Crippen LogP contribution in [0.25, 0.3) is 0 Å². The van der Waals surface area contributed by atoms with Crippen LogP contribution in [0.2, 0.25) is 0 Å². The minimum atomic E-state index is 0.199. The number of rotatable bonds is 2. The first kappa shape index (κ1) is 14.0. The summed E-state index contributed by atoms with van der Waals surface area (Å²) in [6.45, 7) is 12.3. The van der Waals surface area contributed by atoms with Crippen LogP contribution in [-0.4, -0.2) is 29.1 Å². The zero-order valence-electron chi connectivity index (χ0n) is 11.8. The van der Waals surface area contributed by atoms with Crippen molar-refractivity contribution in [2.24, 2.45) is 0 Å². The van der Waals surface area contributed by atoms with E-state index in [-0.39, 0.29) is 11.1 Å². The molecule has 0 aliphatic carbocycles. The maximum Gasteiger partial charge on any atom is 0.0282 e. The van der Waals surface area contributed by atoms with Gasteiger partial charge in [0, 0.05) is 35.2 Å². The van der Waals surface area contributed by atoms with E-state index in [1.165, 1.54) is 5.56 Å². The summed E-state index contributed by atoms with van der Waals surface area (Å²) in [6.07, 6.45) is 0. The number of hydrogen-bond acceptors (Lipinski definition) is 2. The van der Waals surface area contributed by atoms with Gasteiger partial charge in [0.05, 0.1) is 0 Å². The lowest BCUT2D eigenvalue weighted by Gasteiger charge is -2.49. The Bertz CT molecular complexity index is 409. The number of nitrogens with zero attached hydrogens (tertiary/aromatic N) is 1. The minimum absolute atomic E-state index is 0.199. The summed E-state index contributed by atoms with van der Waals surface area (Å²) in [5, 5.41) is 3.62. The van der Waals surface area contributed by atoms with Crippen LogP contribution in [0.3, 0.4) is 0 Å². The molecule has 0 saturated carbocycles. The molecule has 1 heterocycles. The molecule has 3 heteroatoms. The molecule has 0 unspecified atom stereocenters. The summed E-state index contributed by atoms with van der Waals surface area (Å²) >= 11 is 3.49. The third-order valence-electron chi connectivity index (χ3n) is 3.73. The second-order valence-corrected chi connectivity index (χ2v) is 7.45. The Morgan fingerprint density at radius 2 is 1.78 bits per heavy atom. The molecule has 1 aromatic rings. The van der Waals surface area contributed by atoms with Gasteiger partial charge in [0.15, 0.2) is 0 Å². The first-order chi connectivity index (χ1) is 8.28. The Morgan fingerprint density at radius 1 is 1.17 bits per heavy atom. The van der Waals surface area contributed by atoms with Gasteiger partial charge in [0.1, 0.15) is 0 Å². The molecule has 2 nitrogen and oxygen atoms in total. The highest BCUT2D eigenvalue weighted by Crippen LogP contribution is 2.25. The molecule has 1 fully saturated rings. The van der Waals surface area contributed by atoms with Crippen molar-refractivity contribution in [3.63, 3.8) is 0 Å². The third-order valence-corrected chi connectivity index (χ3v) is 4.26. The van der Waals surface area contributed by atoms with Gasteiger partial charge in [-0.2, -0.15) is 0 Å². The first-order valence-corrected chi connectivity index (χ1v) is 7.32. The van der Waals surface area contributed by atoms with Crippen molar-refractivity contribution in [2.45, 2.75) is 45.3 Å². The molecule has 1 aromatic carbocycles. The van der Waals surface area contributed by atoms with Gasteiger partial charge >= 0.3 is 0 Å². The molecule has 1 saturated heterocycles. The predicted octanol–water partition coefficient (Wildman–Crippen LogP) is 3.41. The van der Waals surface area contributed by atoms with Crippen LogP contribution in [-0.2, 0) is 6.54 Å². The molecule has 0 spiro atoms. The second kappa shape index (κ2) is 4.95. The van der Waals surface area contributed by atoms with E-state index in [1.807, 2.05) is 0 Å². The van der Waals surface area contributed by atoms with Crippen molar-refractivity contribution in [1.29, 1.82) is 0 Å². The van der Waals surface area contributed by atoms with E-state index in [0.29, 0.717) is 0 Å². The van der Waals surface area contributed by atoms with Crippen molar-refractivity contribution in [3.05, 3.63) is 34.3 Å². The smallest absolute Gasteiger partial charge is 0.0282 e. The molecule has 0 amide bonds. The predicted molar refractivity (Wildman–Crippen MR) is 80.7 cm³/mol. The van der Waals surface area contributed by atoms with E-state index >= 15 is 0 Å². The zero-order chi connectivity index (χ0) is 13.4. The molecular weight excluding hydrogens is 288 g/mol. The lowest BCUT2D eigenvalue weighted by molar-refractivity contribution is 0.0324. The first-order valence-electron chi connectivity index (χ1n) is 6.53. The maximum absolute atomic E-state index is 3.62. The van der Waals surface area contributed by atoms with Gasteiger partial charge in [-0.15, -0.1) is 0 Å². The van der Waals surface area contributed by atoms with Crippen LogP contribution < -0.4 is 5.32 Å². The normalized spacial score (nSPS) is 22.9. The van der Waals surface area contributed by atoms with Gasteiger partial charge in [-0.05, 0) is 45.4 Å². The largest absolute Gasteiger partial charge is 0.309 e. The van der Waals surface area contributed by atoms with Crippen molar-refractivity contribution < 1.29 is 0 Å². The fourth-order valence-corrected chi connectivity index (χ4v) is 2.66. The molecule has 1 aliphatic heterocycles. The standard InChI is InChI=1S/C15H23BrN2/c1-14(2)11-18(15(3,4)10-17-14)9-12-5-7-13(16)8-6-12/h5-8,17H,9-11H2,1-4H3. The average molecular weight is 311 g/mol. The van der Waals surface area contributed by atoms with Crippen LogP contribution in [0.4, 0.5) is 0 Å². The van der Waals surface area contributed by atoms with E-state index in [2.05, 4.69) is 78.1 Å². The third kappa shape index (κ3) is 3.34. The number of hydrogen-bond donors (Lipinski definition) is 1. The van der Waals surface area contributed by atoms with E-state index in [1.54, 1.807) is 0 Å². The van der Waals surface area contributed by atoms with E-state index in [4.69, 9.17) is 0 Å². The Balaban J connectivity index is 2.12. The number of nitrogens with one attached hydrogen (secondary N) is 1. The molecule has 100 valence electrons. The Morgan fingerprint density at radius 3 is 2.39 bits per heavy atom. The van der Waals surface area contributed by atoms with Crippen molar-refractivity contribution >= 4 is 15.9 Å². The SMILES string of the molecule is CC1(C)CN(Cc2ccc(Br)cc2)C(C)(C)CN1. The Labute approximate surface area is 119 Å². The van der Waals surface area contributed by atoms with Gasteiger partial charge in [-0.3, -0.25) is 4.90 Å². The molecule has 1 aliphatic rings. The van der Waals surface area contributed by atoms with Crippen molar-refractivity contribution in [1.82, 2.24) is 10.2 Å². The van der Waals surface area contributed by atoms with Crippen LogP contribution in [0.15, 0.2) is 28.7 Å². The highest BCUT2D eigenvalue weighted by atomic mass is 79.9. The lowest BCUT2D eigenvalue weighted by atomic mass is 9.91. The van der Waals surface area contributed by atoms with Crippen molar-refractivity contribution in [2.75, 3.05) is 13.1 Å². The second-order valence-electron chi connectivity index (χ2n) is 6.53. The average Bonchev–Trinajstić information content (AvgIpc) is 2.27. The Hall–Kier alpha value is -0.380. The highest BCUT2D eigenvalue weighted by Gasteiger charge is 2.37. The molecule has 18 heavy (non-hydrogen) atoms. The maximum atomic E-state index is 3.62. The van der Waals surface area contributed by atoms with Gasteiger partial charge in [0.25, 0.3) is 0 Å². The quantitative estimate of drug-likeness (QED) is 0.900. The summed E-state index contributed by atoms with van der Waals surface area (Å²) in [7, 11) is 0. The molecular formula is C15H23BrN2. The summed E-state index contributed by atoms with van der Waals surface area (Å²) < 4.78 is 1.14. The molecule has 2 rings (SSSR count). The van der Waals surface area contributed by atoms with Gasteiger partial charge in [-0.25, -0.2) is 0 Å². The number of benzene rings is 1. The summed E-state index contributed by atoms with van der Waals surface area (Å²) in [5.74, 6) is 0. The highest BCUT2D eigenvalue weighted by molar-refractivity contribution is 9.10. The number of halogens is 1. The van der Waals surface area contributed by atoms with Crippen molar-refractivity contribution in [3.8, 4) is 0 Å². The monoisotopic (exact) mass is 310 g/mol. The van der Waals surface area contributed by atoms with Gasteiger partial charge in [0.2, 0.25) is 0 Å². The summed E-state index contributed by atoms with van der Waals surface area (Å²) in [4.78, 5) is 2.58. The molecule has 0 bridgehead atoms. The van der Waals surface area contributed by atoms with Crippen LogP contribution >= 0.6 is 15.9 Å². The molecule has 1 N–H and O–H groups in total. The number of piperazine rings is 1. The van der Waals surface area contributed by atoms with E-state index < -0.39 is 0 Å². The minimum Gasteiger partial charge on any atom is -0.309 e. The van der Waals surface area contributed by atoms with E-state index in [9.17, 15) is 0 Å². The van der Waals surface area contributed by atoms with E-state index in [0.717, 1.165) is 24.1 Å². The van der Waals surface area contributed by atoms with Crippen LogP contribution in [0.1, 0.15) is 33.3 Å². The van der Waals surface area contributed by atoms with Gasteiger partial charge < -0.3 is 5.32 Å². The summed E-state index contributed by atoms with van der Waals surface area (Å²) in [5.41, 5.74) is 1.79. The van der Waals surface area contributed by atoms with Crippen LogP contribution in [0.5, 0.6) is 0 Å². The van der Waals surface area contributed by atoms with Crippen LogP contribution in [0, 0.1) is 0 Å². The Kier molecular flexibility index (Phi) is 3.86. The fraction of sp³-hybridized carbons (Fsp3) is 0.600. The fourth-order valence-electron chi connectivity index (χ4n) is 2.39. The molecule has 0 atom stereocenters. The zero-order valence-corrected chi connectivity index (χ0v) is 13.3. The summed E-state index contributed by atoms with van der Waals surface area (Å²) in [6, 6.07) is 8.65. The molecule has 0 radical (unpaired) electrons. The lowest BCUT2D eigenvalue weighted by Crippen LogP contribution is -2.65.